The summed E-state index contributed by atoms with van der Waals surface area (Å²) in [6, 6.07) is 7.72. The van der Waals surface area contributed by atoms with E-state index in [1.807, 2.05) is 36.2 Å². The van der Waals surface area contributed by atoms with Crippen LogP contribution in [0.15, 0.2) is 35.3 Å². The van der Waals surface area contributed by atoms with Crippen molar-refractivity contribution >= 4 is 17.3 Å². The molecule has 1 heterocycles. The van der Waals surface area contributed by atoms with Crippen LogP contribution >= 0.6 is 11.6 Å². The SMILES string of the molecule is COc1ccccc1CN(C)c1cnn(C)c(=O)c1Cl. The van der Waals surface area contributed by atoms with Gasteiger partial charge in [-0.25, -0.2) is 4.68 Å². The number of ether oxygens (including phenoxy) is 1. The van der Waals surface area contributed by atoms with Gasteiger partial charge in [-0.15, -0.1) is 0 Å². The van der Waals surface area contributed by atoms with Crippen molar-refractivity contribution < 1.29 is 4.74 Å². The Morgan fingerprint density at radius 2 is 2.10 bits per heavy atom. The van der Waals surface area contributed by atoms with Gasteiger partial charge in [0.15, 0.2) is 0 Å². The van der Waals surface area contributed by atoms with E-state index in [0.717, 1.165) is 11.3 Å². The van der Waals surface area contributed by atoms with Gasteiger partial charge in [0.05, 0.1) is 19.0 Å². The number of aryl methyl sites for hydroxylation is 1. The third-order valence-corrected chi connectivity index (χ3v) is 3.43. The van der Waals surface area contributed by atoms with E-state index < -0.39 is 0 Å². The number of hydrogen-bond donors (Lipinski definition) is 0. The topological polar surface area (TPSA) is 47.4 Å². The minimum Gasteiger partial charge on any atom is -0.496 e. The lowest BCUT2D eigenvalue weighted by Crippen LogP contribution is -2.25. The molecular formula is C14H16ClN3O2. The van der Waals surface area contributed by atoms with Crippen molar-refractivity contribution in [2.75, 3.05) is 19.1 Å². The molecule has 0 N–H and O–H groups in total. The molecule has 0 aliphatic heterocycles. The first-order valence-electron chi connectivity index (χ1n) is 6.09. The second-order valence-corrected chi connectivity index (χ2v) is 4.82. The van der Waals surface area contributed by atoms with Crippen LogP contribution in [0.2, 0.25) is 5.02 Å². The van der Waals surface area contributed by atoms with E-state index in [9.17, 15) is 4.79 Å². The minimum absolute atomic E-state index is 0.167. The number of aromatic nitrogens is 2. The molecule has 0 saturated carbocycles. The lowest BCUT2D eigenvalue weighted by Gasteiger charge is -2.21. The molecule has 0 amide bonds. The lowest BCUT2D eigenvalue weighted by molar-refractivity contribution is 0.409. The van der Waals surface area contributed by atoms with E-state index in [2.05, 4.69) is 5.10 Å². The Balaban J connectivity index is 2.31. The number of benzene rings is 1. The van der Waals surface area contributed by atoms with Crippen LogP contribution in [0, 0.1) is 0 Å². The second kappa shape index (κ2) is 5.96. The Morgan fingerprint density at radius 3 is 2.80 bits per heavy atom. The van der Waals surface area contributed by atoms with Crippen LogP contribution in [-0.4, -0.2) is 23.9 Å². The van der Waals surface area contributed by atoms with Gasteiger partial charge < -0.3 is 9.64 Å². The zero-order chi connectivity index (χ0) is 14.7. The molecule has 0 fully saturated rings. The van der Waals surface area contributed by atoms with Crippen molar-refractivity contribution in [3.05, 3.63) is 51.4 Å². The normalized spacial score (nSPS) is 10.4. The Bertz CT molecular complexity index is 670. The second-order valence-electron chi connectivity index (χ2n) is 4.44. The van der Waals surface area contributed by atoms with Crippen molar-refractivity contribution in [1.82, 2.24) is 9.78 Å². The maximum atomic E-state index is 11.8. The first kappa shape index (κ1) is 14.4. The maximum Gasteiger partial charge on any atom is 0.287 e. The third kappa shape index (κ3) is 2.77. The van der Waals surface area contributed by atoms with Gasteiger partial charge in [0.25, 0.3) is 5.56 Å². The molecule has 0 radical (unpaired) electrons. The van der Waals surface area contributed by atoms with E-state index in [4.69, 9.17) is 16.3 Å². The number of anilines is 1. The molecule has 2 rings (SSSR count). The first-order valence-corrected chi connectivity index (χ1v) is 6.47. The maximum absolute atomic E-state index is 11.8. The largest absolute Gasteiger partial charge is 0.496 e. The molecule has 0 saturated heterocycles. The van der Waals surface area contributed by atoms with Gasteiger partial charge >= 0.3 is 0 Å². The molecule has 0 bridgehead atoms. The molecule has 0 unspecified atom stereocenters. The van der Waals surface area contributed by atoms with E-state index in [-0.39, 0.29) is 10.6 Å². The highest BCUT2D eigenvalue weighted by Crippen LogP contribution is 2.24. The number of para-hydroxylation sites is 1. The zero-order valence-electron chi connectivity index (χ0n) is 11.6. The van der Waals surface area contributed by atoms with Crippen LogP contribution in [0.1, 0.15) is 5.56 Å². The summed E-state index contributed by atoms with van der Waals surface area (Å²) in [4.78, 5) is 13.7. The van der Waals surface area contributed by atoms with E-state index >= 15 is 0 Å². The molecule has 6 heteroatoms. The average molecular weight is 294 g/mol. The van der Waals surface area contributed by atoms with Crippen LogP contribution in [-0.2, 0) is 13.6 Å². The van der Waals surface area contributed by atoms with Crippen molar-refractivity contribution in [1.29, 1.82) is 0 Å². The quantitative estimate of drug-likeness (QED) is 0.866. The summed E-state index contributed by atoms with van der Waals surface area (Å²) in [5.41, 5.74) is 1.30. The van der Waals surface area contributed by atoms with Gasteiger partial charge in [-0.3, -0.25) is 4.79 Å². The fourth-order valence-corrected chi connectivity index (χ4v) is 2.26. The number of hydrogen-bond acceptors (Lipinski definition) is 4. The molecular weight excluding hydrogens is 278 g/mol. The molecule has 0 atom stereocenters. The van der Waals surface area contributed by atoms with Crippen molar-refractivity contribution in [3.8, 4) is 5.75 Å². The number of methoxy groups -OCH3 is 1. The Morgan fingerprint density at radius 1 is 1.40 bits per heavy atom. The van der Waals surface area contributed by atoms with Gasteiger partial charge in [-0.2, -0.15) is 5.10 Å². The predicted molar refractivity (Wildman–Crippen MR) is 79.6 cm³/mol. The van der Waals surface area contributed by atoms with Crippen LogP contribution < -0.4 is 15.2 Å². The average Bonchev–Trinajstić information content (AvgIpc) is 2.45. The zero-order valence-corrected chi connectivity index (χ0v) is 12.4. The summed E-state index contributed by atoms with van der Waals surface area (Å²) in [5.74, 6) is 0.798. The molecule has 0 spiro atoms. The van der Waals surface area contributed by atoms with Crippen LogP contribution in [0.4, 0.5) is 5.69 Å². The third-order valence-electron chi connectivity index (χ3n) is 3.07. The lowest BCUT2D eigenvalue weighted by atomic mass is 10.2. The molecule has 0 aliphatic rings. The van der Waals surface area contributed by atoms with Gasteiger partial charge in [0.1, 0.15) is 10.8 Å². The van der Waals surface area contributed by atoms with Gasteiger partial charge in [-0.1, -0.05) is 29.8 Å². The molecule has 1 aromatic heterocycles. The van der Waals surface area contributed by atoms with E-state index in [1.54, 1.807) is 20.4 Å². The summed E-state index contributed by atoms with van der Waals surface area (Å²) in [5, 5.41) is 4.16. The number of rotatable bonds is 4. The standard InChI is InChI=1S/C14H16ClN3O2/c1-17(9-10-6-4-5-7-12(10)20-3)11-8-16-18(2)14(19)13(11)15/h4-8H,9H2,1-3H3. The predicted octanol–water partition coefficient (Wildman–Crippen LogP) is 2.08. The molecule has 0 aliphatic carbocycles. The monoisotopic (exact) mass is 293 g/mol. The van der Waals surface area contributed by atoms with Gasteiger partial charge in [-0.05, 0) is 6.07 Å². The van der Waals surface area contributed by atoms with Crippen molar-refractivity contribution in [3.63, 3.8) is 0 Å². The van der Waals surface area contributed by atoms with Crippen molar-refractivity contribution in [2.24, 2.45) is 7.05 Å². The summed E-state index contributed by atoms with van der Waals surface area (Å²) >= 11 is 6.09. The molecule has 106 valence electrons. The van der Waals surface area contributed by atoms with Gasteiger partial charge in [0, 0.05) is 26.2 Å². The first-order chi connectivity index (χ1) is 9.54. The Kier molecular flexibility index (Phi) is 4.29. The highest BCUT2D eigenvalue weighted by atomic mass is 35.5. The van der Waals surface area contributed by atoms with Crippen molar-refractivity contribution in [2.45, 2.75) is 6.54 Å². The highest BCUT2D eigenvalue weighted by molar-refractivity contribution is 6.33. The summed E-state index contributed by atoms with van der Waals surface area (Å²) < 4.78 is 6.53. The number of nitrogens with zero attached hydrogens (tertiary/aromatic N) is 3. The summed E-state index contributed by atoms with van der Waals surface area (Å²) in [6.07, 6.45) is 1.58. The molecule has 20 heavy (non-hydrogen) atoms. The van der Waals surface area contributed by atoms with Crippen LogP contribution in [0.3, 0.4) is 0 Å². The fraction of sp³-hybridized carbons (Fsp3) is 0.286. The molecule has 2 aromatic rings. The fourth-order valence-electron chi connectivity index (χ4n) is 1.94. The van der Waals surface area contributed by atoms with Gasteiger partial charge in [0.2, 0.25) is 0 Å². The smallest absolute Gasteiger partial charge is 0.287 e. The Labute approximate surface area is 122 Å². The Hall–Kier alpha value is -2.01. The molecule has 5 nitrogen and oxygen atoms in total. The summed E-state index contributed by atoms with van der Waals surface area (Å²) in [6.45, 7) is 0.568. The van der Waals surface area contributed by atoms with Crippen LogP contribution in [0.25, 0.3) is 0 Å². The van der Waals surface area contributed by atoms with E-state index in [0.29, 0.717) is 12.2 Å². The highest BCUT2D eigenvalue weighted by Gasteiger charge is 2.13. The number of halogens is 1. The minimum atomic E-state index is -0.309. The summed E-state index contributed by atoms with van der Waals surface area (Å²) in [7, 11) is 5.05. The molecule has 1 aromatic carbocycles. The van der Waals surface area contributed by atoms with E-state index in [1.165, 1.54) is 4.68 Å². The van der Waals surface area contributed by atoms with Crippen LogP contribution in [0.5, 0.6) is 5.75 Å².